The van der Waals surface area contributed by atoms with Gasteiger partial charge in [-0.3, -0.25) is 0 Å². The van der Waals surface area contributed by atoms with Gasteiger partial charge in [-0.2, -0.15) is 0 Å². The first kappa shape index (κ1) is 13.4. The van der Waals surface area contributed by atoms with Crippen molar-refractivity contribution < 1.29 is 5.11 Å². The molecule has 1 heterocycles. The van der Waals surface area contributed by atoms with Crippen molar-refractivity contribution in [3.8, 4) is 0 Å². The molecule has 100 valence electrons. The number of aliphatic hydroxyl groups excluding tert-OH is 1. The van der Waals surface area contributed by atoms with Crippen molar-refractivity contribution >= 4 is 5.69 Å². The van der Waals surface area contributed by atoms with Crippen LogP contribution in [0.1, 0.15) is 39.2 Å². The Kier molecular flexibility index (Phi) is 3.96. The molecule has 2 rings (SSSR count). The predicted molar refractivity (Wildman–Crippen MR) is 77.1 cm³/mol. The summed E-state index contributed by atoms with van der Waals surface area (Å²) >= 11 is 0. The van der Waals surface area contributed by atoms with Crippen molar-refractivity contribution in [2.45, 2.75) is 45.6 Å². The lowest BCUT2D eigenvalue weighted by Gasteiger charge is -2.35. The average molecular weight is 247 g/mol. The van der Waals surface area contributed by atoms with Crippen molar-refractivity contribution in [3.63, 3.8) is 0 Å². The van der Waals surface area contributed by atoms with Crippen LogP contribution in [0.5, 0.6) is 0 Å². The van der Waals surface area contributed by atoms with E-state index in [-0.39, 0.29) is 5.54 Å². The normalized spacial score (nSPS) is 22.4. The third kappa shape index (κ3) is 2.54. The molecule has 0 saturated carbocycles. The average Bonchev–Trinajstić information content (AvgIpc) is 2.64. The molecule has 0 bridgehead atoms. The largest absolute Gasteiger partial charge is 0.396 e. The Morgan fingerprint density at radius 1 is 1.33 bits per heavy atom. The van der Waals surface area contributed by atoms with E-state index in [1.165, 1.54) is 17.7 Å². The zero-order chi connectivity index (χ0) is 13.2. The van der Waals surface area contributed by atoms with Gasteiger partial charge < -0.3 is 10.0 Å². The van der Waals surface area contributed by atoms with E-state index in [1.54, 1.807) is 0 Å². The van der Waals surface area contributed by atoms with Gasteiger partial charge in [0.2, 0.25) is 0 Å². The SMILES string of the molecule is CCc1ccccc1N1CC(CCO)CC1(C)C. The number of hydrogen-bond donors (Lipinski definition) is 1. The van der Waals surface area contributed by atoms with Crippen LogP contribution < -0.4 is 4.90 Å². The molecule has 0 aromatic heterocycles. The first-order valence-electron chi connectivity index (χ1n) is 7.05. The molecule has 1 aromatic rings. The molecule has 18 heavy (non-hydrogen) atoms. The van der Waals surface area contributed by atoms with Gasteiger partial charge in [-0.15, -0.1) is 0 Å². The van der Waals surface area contributed by atoms with E-state index in [4.69, 9.17) is 5.11 Å². The van der Waals surface area contributed by atoms with Gasteiger partial charge in [-0.1, -0.05) is 25.1 Å². The number of aryl methyl sites for hydroxylation is 1. The predicted octanol–water partition coefficient (Wildman–Crippen LogP) is 3.24. The molecule has 0 spiro atoms. The van der Waals surface area contributed by atoms with E-state index in [2.05, 4.69) is 49.9 Å². The van der Waals surface area contributed by atoms with Crippen molar-refractivity contribution in [1.82, 2.24) is 0 Å². The quantitative estimate of drug-likeness (QED) is 0.883. The van der Waals surface area contributed by atoms with Crippen LogP contribution >= 0.6 is 0 Å². The summed E-state index contributed by atoms with van der Waals surface area (Å²) in [6.07, 6.45) is 3.17. The number of aliphatic hydroxyl groups is 1. The fourth-order valence-electron chi connectivity index (χ4n) is 3.26. The van der Waals surface area contributed by atoms with E-state index >= 15 is 0 Å². The Labute approximate surface area is 111 Å². The molecule has 0 aliphatic carbocycles. The van der Waals surface area contributed by atoms with Gasteiger partial charge in [-0.05, 0) is 50.7 Å². The number of rotatable bonds is 4. The molecule has 1 aliphatic heterocycles. The van der Waals surface area contributed by atoms with Gasteiger partial charge in [-0.25, -0.2) is 0 Å². The molecule has 1 N–H and O–H groups in total. The minimum absolute atomic E-state index is 0.200. The van der Waals surface area contributed by atoms with Crippen molar-refractivity contribution in [1.29, 1.82) is 0 Å². The van der Waals surface area contributed by atoms with Crippen molar-refractivity contribution in [3.05, 3.63) is 29.8 Å². The molecule has 1 unspecified atom stereocenters. The summed E-state index contributed by atoms with van der Waals surface area (Å²) in [4.78, 5) is 2.53. The summed E-state index contributed by atoms with van der Waals surface area (Å²) in [7, 11) is 0. The second-order valence-corrected chi connectivity index (χ2v) is 5.99. The van der Waals surface area contributed by atoms with Gasteiger partial charge in [0.1, 0.15) is 0 Å². The lowest BCUT2D eigenvalue weighted by Crippen LogP contribution is -2.38. The number of nitrogens with zero attached hydrogens (tertiary/aromatic N) is 1. The molecule has 1 saturated heterocycles. The number of hydrogen-bond acceptors (Lipinski definition) is 2. The summed E-state index contributed by atoms with van der Waals surface area (Å²) in [5.41, 5.74) is 3.01. The highest BCUT2D eigenvalue weighted by molar-refractivity contribution is 5.56. The Balaban J connectivity index is 2.26. The van der Waals surface area contributed by atoms with Gasteiger partial charge in [0, 0.05) is 24.4 Å². The molecule has 0 radical (unpaired) electrons. The highest BCUT2D eigenvalue weighted by Gasteiger charge is 2.38. The minimum Gasteiger partial charge on any atom is -0.396 e. The Morgan fingerprint density at radius 2 is 2.06 bits per heavy atom. The second-order valence-electron chi connectivity index (χ2n) is 5.99. The summed E-state index contributed by atoms with van der Waals surface area (Å²) in [5, 5.41) is 9.14. The maximum Gasteiger partial charge on any atom is 0.0434 e. The van der Waals surface area contributed by atoms with E-state index in [0.717, 1.165) is 19.4 Å². The summed E-state index contributed by atoms with van der Waals surface area (Å²) < 4.78 is 0. The second kappa shape index (κ2) is 5.31. The molecule has 1 fully saturated rings. The highest BCUT2D eigenvalue weighted by atomic mass is 16.3. The van der Waals surface area contributed by atoms with E-state index < -0.39 is 0 Å². The van der Waals surface area contributed by atoms with Crippen LogP contribution in [0.3, 0.4) is 0 Å². The summed E-state index contributed by atoms with van der Waals surface area (Å²) in [5.74, 6) is 0.620. The molecular formula is C16H25NO. The summed E-state index contributed by atoms with van der Waals surface area (Å²) in [6.45, 7) is 8.23. The monoisotopic (exact) mass is 247 g/mol. The first-order chi connectivity index (χ1) is 8.58. The third-order valence-electron chi connectivity index (χ3n) is 4.16. The van der Waals surface area contributed by atoms with E-state index in [9.17, 15) is 0 Å². The van der Waals surface area contributed by atoms with Crippen LogP contribution in [0.25, 0.3) is 0 Å². The zero-order valence-electron chi connectivity index (χ0n) is 11.8. The van der Waals surface area contributed by atoms with Gasteiger partial charge >= 0.3 is 0 Å². The topological polar surface area (TPSA) is 23.5 Å². The van der Waals surface area contributed by atoms with Crippen LogP contribution in [-0.4, -0.2) is 23.8 Å². The van der Waals surface area contributed by atoms with Crippen LogP contribution in [-0.2, 0) is 6.42 Å². The fraction of sp³-hybridized carbons (Fsp3) is 0.625. The molecule has 2 heteroatoms. The molecule has 2 nitrogen and oxygen atoms in total. The standard InChI is InChI=1S/C16H25NO/c1-4-14-7-5-6-8-15(14)17-12-13(9-10-18)11-16(17,2)3/h5-8,13,18H,4,9-12H2,1-3H3. The fourth-order valence-corrected chi connectivity index (χ4v) is 3.26. The zero-order valence-corrected chi connectivity index (χ0v) is 11.8. The van der Waals surface area contributed by atoms with Crippen LogP contribution in [0.15, 0.2) is 24.3 Å². The van der Waals surface area contributed by atoms with E-state index in [0.29, 0.717) is 12.5 Å². The van der Waals surface area contributed by atoms with Gasteiger partial charge in [0.05, 0.1) is 0 Å². The molecule has 1 aromatic carbocycles. The van der Waals surface area contributed by atoms with Gasteiger partial charge in [0.15, 0.2) is 0 Å². The Bertz CT molecular complexity index is 400. The molecule has 1 atom stereocenters. The highest BCUT2D eigenvalue weighted by Crippen LogP contribution is 2.39. The van der Waals surface area contributed by atoms with Crippen LogP contribution in [0, 0.1) is 5.92 Å². The Morgan fingerprint density at radius 3 is 2.72 bits per heavy atom. The minimum atomic E-state index is 0.200. The smallest absolute Gasteiger partial charge is 0.0434 e. The maximum atomic E-state index is 9.14. The third-order valence-corrected chi connectivity index (χ3v) is 4.16. The van der Waals surface area contributed by atoms with Gasteiger partial charge in [0.25, 0.3) is 0 Å². The molecule has 0 amide bonds. The number of benzene rings is 1. The Hall–Kier alpha value is -1.02. The van der Waals surface area contributed by atoms with Crippen LogP contribution in [0.4, 0.5) is 5.69 Å². The summed E-state index contributed by atoms with van der Waals surface area (Å²) in [6, 6.07) is 8.72. The van der Waals surface area contributed by atoms with Crippen molar-refractivity contribution in [2.75, 3.05) is 18.1 Å². The van der Waals surface area contributed by atoms with Crippen LogP contribution in [0.2, 0.25) is 0 Å². The number of anilines is 1. The lowest BCUT2D eigenvalue weighted by atomic mass is 9.94. The lowest BCUT2D eigenvalue weighted by molar-refractivity contribution is 0.259. The maximum absolute atomic E-state index is 9.14. The molecular weight excluding hydrogens is 222 g/mol. The van der Waals surface area contributed by atoms with Crippen molar-refractivity contribution in [2.24, 2.45) is 5.92 Å². The molecule has 1 aliphatic rings. The number of para-hydroxylation sites is 1. The van der Waals surface area contributed by atoms with E-state index in [1.807, 2.05) is 0 Å². The first-order valence-corrected chi connectivity index (χ1v) is 7.05.